The number of hydrogen-bond acceptors (Lipinski definition) is 2. The van der Waals surface area contributed by atoms with Crippen molar-refractivity contribution in [3.05, 3.63) is 28.2 Å². The summed E-state index contributed by atoms with van der Waals surface area (Å²) in [5.41, 5.74) is 7.97. The summed E-state index contributed by atoms with van der Waals surface area (Å²) in [6, 6.07) is 6.78. The summed E-state index contributed by atoms with van der Waals surface area (Å²) in [5.74, 6) is 0.738. The minimum atomic E-state index is 0.597. The molecule has 2 nitrogen and oxygen atoms in total. The normalized spacial score (nSPS) is 13.4. The second-order valence-corrected chi connectivity index (χ2v) is 6.10. The smallest absolute Gasteiger partial charge is 0.0461 e. The van der Waals surface area contributed by atoms with Crippen LogP contribution in [0.1, 0.15) is 32.8 Å². The fourth-order valence-electron chi connectivity index (χ4n) is 2.00. The molecule has 0 saturated carbocycles. The van der Waals surface area contributed by atoms with Crippen LogP contribution in [0.25, 0.3) is 0 Å². The van der Waals surface area contributed by atoms with Crippen molar-refractivity contribution in [2.75, 3.05) is 12.8 Å². The molecular formula is C14H23BrN2. The summed E-state index contributed by atoms with van der Waals surface area (Å²) in [6.07, 6.45) is 1.22. The maximum atomic E-state index is 5.89. The Kier molecular flexibility index (Phi) is 5.47. The molecular weight excluding hydrogens is 276 g/mol. The third-order valence-electron chi connectivity index (χ3n) is 3.06. The Hall–Kier alpha value is -0.540. The average molecular weight is 299 g/mol. The summed E-state index contributed by atoms with van der Waals surface area (Å²) in [4.78, 5) is 2.38. The lowest BCUT2D eigenvalue weighted by molar-refractivity contribution is 0.220. The standard InChI is InChI=1S/C14H23BrN2/c1-10(2)7-11(3)17(4)9-12-5-6-13(15)14(16)8-12/h5-6,8,10-11H,7,9,16H2,1-4H3. The minimum absolute atomic E-state index is 0.597. The molecule has 1 unspecified atom stereocenters. The van der Waals surface area contributed by atoms with E-state index in [-0.39, 0.29) is 0 Å². The van der Waals surface area contributed by atoms with Crippen molar-refractivity contribution in [2.45, 2.75) is 39.8 Å². The third kappa shape index (κ3) is 4.68. The van der Waals surface area contributed by atoms with Crippen molar-refractivity contribution in [2.24, 2.45) is 5.92 Å². The molecule has 96 valence electrons. The largest absolute Gasteiger partial charge is 0.398 e. The Labute approximate surface area is 113 Å². The summed E-state index contributed by atoms with van der Waals surface area (Å²) in [5, 5.41) is 0. The van der Waals surface area contributed by atoms with Crippen molar-refractivity contribution in [3.63, 3.8) is 0 Å². The van der Waals surface area contributed by atoms with Crippen molar-refractivity contribution < 1.29 is 0 Å². The second-order valence-electron chi connectivity index (χ2n) is 5.25. The van der Waals surface area contributed by atoms with Gasteiger partial charge in [-0.3, -0.25) is 4.90 Å². The van der Waals surface area contributed by atoms with Gasteiger partial charge >= 0.3 is 0 Å². The molecule has 0 aliphatic carbocycles. The fraction of sp³-hybridized carbons (Fsp3) is 0.571. The van der Waals surface area contributed by atoms with Crippen molar-refractivity contribution in [3.8, 4) is 0 Å². The Balaban J connectivity index is 2.61. The second kappa shape index (κ2) is 6.41. The predicted octanol–water partition coefficient (Wildman–Crippen LogP) is 3.90. The minimum Gasteiger partial charge on any atom is -0.398 e. The molecule has 0 radical (unpaired) electrons. The van der Waals surface area contributed by atoms with Crippen molar-refractivity contribution >= 4 is 21.6 Å². The van der Waals surface area contributed by atoms with E-state index in [1.54, 1.807) is 0 Å². The number of nitrogen functional groups attached to an aromatic ring is 1. The van der Waals surface area contributed by atoms with E-state index in [2.05, 4.69) is 54.7 Å². The first-order valence-electron chi connectivity index (χ1n) is 6.14. The zero-order valence-electron chi connectivity index (χ0n) is 11.2. The van der Waals surface area contributed by atoms with Gasteiger partial charge in [-0.05, 0) is 59.9 Å². The number of rotatable bonds is 5. The van der Waals surface area contributed by atoms with E-state index < -0.39 is 0 Å². The Bertz CT molecular complexity index is 363. The fourth-order valence-corrected chi connectivity index (χ4v) is 2.24. The first-order valence-corrected chi connectivity index (χ1v) is 6.93. The highest BCUT2D eigenvalue weighted by atomic mass is 79.9. The van der Waals surface area contributed by atoms with Crippen LogP contribution in [-0.2, 0) is 6.54 Å². The molecule has 0 spiro atoms. The first-order chi connectivity index (χ1) is 7.90. The molecule has 0 saturated heterocycles. The van der Waals surface area contributed by atoms with E-state index in [4.69, 9.17) is 5.73 Å². The van der Waals surface area contributed by atoms with Crippen LogP contribution in [0, 0.1) is 5.92 Å². The summed E-state index contributed by atoms with van der Waals surface area (Å²) < 4.78 is 0.971. The monoisotopic (exact) mass is 298 g/mol. The number of benzene rings is 1. The molecule has 0 fully saturated rings. The SMILES string of the molecule is CC(C)CC(C)N(C)Cc1ccc(Br)c(N)c1. The van der Waals surface area contributed by atoms with Crippen LogP contribution in [-0.4, -0.2) is 18.0 Å². The molecule has 3 heteroatoms. The number of anilines is 1. The maximum absolute atomic E-state index is 5.89. The molecule has 0 bridgehead atoms. The highest BCUT2D eigenvalue weighted by Gasteiger charge is 2.11. The van der Waals surface area contributed by atoms with Crippen LogP contribution in [0.15, 0.2) is 22.7 Å². The quantitative estimate of drug-likeness (QED) is 0.836. The van der Waals surface area contributed by atoms with Crippen LogP contribution >= 0.6 is 15.9 Å². The molecule has 0 aliphatic rings. The third-order valence-corrected chi connectivity index (χ3v) is 3.78. The summed E-state index contributed by atoms with van der Waals surface area (Å²) in [7, 11) is 2.17. The summed E-state index contributed by atoms with van der Waals surface area (Å²) >= 11 is 3.42. The number of hydrogen-bond donors (Lipinski definition) is 1. The van der Waals surface area contributed by atoms with Gasteiger partial charge in [0.05, 0.1) is 0 Å². The van der Waals surface area contributed by atoms with E-state index in [0.29, 0.717) is 6.04 Å². The zero-order valence-corrected chi connectivity index (χ0v) is 12.8. The predicted molar refractivity (Wildman–Crippen MR) is 78.9 cm³/mol. The number of nitrogens with zero attached hydrogens (tertiary/aromatic N) is 1. The lowest BCUT2D eigenvalue weighted by atomic mass is 10.0. The van der Waals surface area contributed by atoms with Crippen LogP contribution < -0.4 is 5.73 Å². The summed E-state index contributed by atoms with van der Waals surface area (Å²) in [6.45, 7) is 7.76. The van der Waals surface area contributed by atoms with Gasteiger partial charge in [0.1, 0.15) is 0 Å². The van der Waals surface area contributed by atoms with Gasteiger partial charge < -0.3 is 5.73 Å². The van der Waals surface area contributed by atoms with Crippen LogP contribution in [0.2, 0.25) is 0 Å². The molecule has 1 rings (SSSR count). The topological polar surface area (TPSA) is 29.3 Å². The molecule has 1 aromatic rings. The van der Waals surface area contributed by atoms with Crippen LogP contribution in [0.5, 0.6) is 0 Å². The lowest BCUT2D eigenvalue weighted by Crippen LogP contribution is -2.29. The number of nitrogens with two attached hydrogens (primary N) is 1. The van der Waals surface area contributed by atoms with Gasteiger partial charge in [0.15, 0.2) is 0 Å². The zero-order chi connectivity index (χ0) is 13.0. The van der Waals surface area contributed by atoms with E-state index >= 15 is 0 Å². The molecule has 0 aromatic heterocycles. The van der Waals surface area contributed by atoms with E-state index in [0.717, 1.165) is 22.6 Å². The van der Waals surface area contributed by atoms with Gasteiger partial charge in [-0.2, -0.15) is 0 Å². The van der Waals surface area contributed by atoms with Gasteiger partial charge in [-0.25, -0.2) is 0 Å². The van der Waals surface area contributed by atoms with E-state index in [9.17, 15) is 0 Å². The molecule has 1 atom stereocenters. The molecule has 1 aromatic carbocycles. The van der Waals surface area contributed by atoms with Gasteiger partial charge in [0.2, 0.25) is 0 Å². The average Bonchev–Trinajstić information content (AvgIpc) is 2.22. The maximum Gasteiger partial charge on any atom is 0.0461 e. The molecule has 0 heterocycles. The van der Waals surface area contributed by atoms with Gasteiger partial charge in [0, 0.05) is 22.7 Å². The van der Waals surface area contributed by atoms with Gasteiger partial charge in [-0.1, -0.05) is 19.9 Å². The Morgan fingerprint density at radius 3 is 2.47 bits per heavy atom. The Morgan fingerprint density at radius 1 is 1.29 bits per heavy atom. The van der Waals surface area contributed by atoms with E-state index in [1.165, 1.54) is 12.0 Å². The molecule has 17 heavy (non-hydrogen) atoms. The highest BCUT2D eigenvalue weighted by molar-refractivity contribution is 9.10. The molecule has 0 amide bonds. The van der Waals surface area contributed by atoms with Crippen molar-refractivity contribution in [1.82, 2.24) is 4.90 Å². The van der Waals surface area contributed by atoms with Crippen LogP contribution in [0.3, 0.4) is 0 Å². The number of halogens is 1. The molecule has 2 N–H and O–H groups in total. The van der Waals surface area contributed by atoms with Crippen LogP contribution in [0.4, 0.5) is 5.69 Å². The van der Waals surface area contributed by atoms with Crippen molar-refractivity contribution in [1.29, 1.82) is 0 Å². The highest BCUT2D eigenvalue weighted by Crippen LogP contribution is 2.21. The molecule has 0 aliphatic heterocycles. The lowest BCUT2D eigenvalue weighted by Gasteiger charge is -2.26. The van der Waals surface area contributed by atoms with Gasteiger partial charge in [-0.15, -0.1) is 0 Å². The van der Waals surface area contributed by atoms with Gasteiger partial charge in [0.25, 0.3) is 0 Å². The Morgan fingerprint density at radius 2 is 1.94 bits per heavy atom. The van der Waals surface area contributed by atoms with E-state index in [1.807, 2.05) is 12.1 Å². The first kappa shape index (κ1) is 14.5.